The summed E-state index contributed by atoms with van der Waals surface area (Å²) in [5.74, 6) is -1.43. The van der Waals surface area contributed by atoms with E-state index in [4.69, 9.17) is 4.42 Å². The van der Waals surface area contributed by atoms with Crippen LogP contribution in [0.1, 0.15) is 49.2 Å². The lowest BCUT2D eigenvalue weighted by Crippen LogP contribution is -2.48. The van der Waals surface area contributed by atoms with Crippen LogP contribution in [0.3, 0.4) is 0 Å². The Hall–Kier alpha value is -3.39. The lowest BCUT2D eigenvalue weighted by atomic mass is 10.1. The molecule has 0 aliphatic heterocycles. The van der Waals surface area contributed by atoms with Gasteiger partial charge >= 0.3 is 0 Å². The average molecular weight is 411 g/mol. The van der Waals surface area contributed by atoms with Crippen LogP contribution in [0.25, 0.3) is 0 Å². The minimum atomic E-state index is -1.01. The molecule has 29 heavy (non-hydrogen) atoms. The molecule has 1 atom stereocenters. The Labute approximate surface area is 172 Å². The fourth-order valence-electron chi connectivity index (χ4n) is 2.79. The van der Waals surface area contributed by atoms with Gasteiger partial charge in [-0.2, -0.15) is 0 Å². The molecular weight excluding hydrogens is 390 g/mol. The summed E-state index contributed by atoms with van der Waals surface area (Å²) in [7, 11) is 0. The molecule has 0 radical (unpaired) electrons. The third-order valence-corrected chi connectivity index (χ3v) is 5.66. The highest BCUT2D eigenvalue weighted by molar-refractivity contribution is 7.14. The van der Waals surface area contributed by atoms with Crippen molar-refractivity contribution in [3.63, 3.8) is 0 Å². The highest BCUT2D eigenvalue weighted by Crippen LogP contribution is 2.22. The van der Waals surface area contributed by atoms with Gasteiger partial charge in [0.15, 0.2) is 5.76 Å². The first-order valence-electron chi connectivity index (χ1n) is 9.08. The zero-order chi connectivity index (χ0) is 20.8. The fourth-order valence-corrected chi connectivity index (χ4v) is 3.80. The Morgan fingerprint density at radius 2 is 1.79 bits per heavy atom. The SMILES string of the molecule is CCc1sc(C(=O)NNC(=O)C(NC(=O)c2ccco2)c2ccccc2)cc1C. The second kappa shape index (κ2) is 9.20. The van der Waals surface area contributed by atoms with Crippen molar-refractivity contribution in [3.05, 3.63) is 81.4 Å². The molecule has 3 N–H and O–H groups in total. The highest BCUT2D eigenvalue weighted by Gasteiger charge is 2.25. The zero-order valence-electron chi connectivity index (χ0n) is 16.0. The first-order chi connectivity index (χ1) is 14.0. The topological polar surface area (TPSA) is 100 Å². The maximum atomic E-state index is 12.7. The van der Waals surface area contributed by atoms with E-state index in [1.165, 1.54) is 23.7 Å². The van der Waals surface area contributed by atoms with Gasteiger partial charge in [0, 0.05) is 4.88 Å². The number of benzene rings is 1. The maximum absolute atomic E-state index is 12.7. The summed E-state index contributed by atoms with van der Waals surface area (Å²) in [4.78, 5) is 39.1. The number of aryl methyl sites for hydroxylation is 2. The molecule has 0 saturated carbocycles. The van der Waals surface area contributed by atoms with Crippen LogP contribution in [0.15, 0.2) is 59.2 Å². The van der Waals surface area contributed by atoms with Gasteiger partial charge in [0.2, 0.25) is 0 Å². The Morgan fingerprint density at radius 1 is 1.03 bits per heavy atom. The molecule has 0 spiro atoms. The molecule has 7 nitrogen and oxygen atoms in total. The van der Waals surface area contributed by atoms with Crippen LogP contribution in [0.4, 0.5) is 0 Å². The molecule has 1 unspecified atom stereocenters. The van der Waals surface area contributed by atoms with Gasteiger partial charge < -0.3 is 9.73 Å². The number of nitrogens with one attached hydrogen (secondary N) is 3. The molecule has 0 fully saturated rings. The number of carbonyl (C=O) groups excluding carboxylic acids is 3. The Bertz CT molecular complexity index is 996. The van der Waals surface area contributed by atoms with Gasteiger partial charge in [-0.1, -0.05) is 37.3 Å². The number of hydrogen-bond donors (Lipinski definition) is 3. The molecule has 0 aliphatic rings. The number of carbonyl (C=O) groups is 3. The molecule has 0 aliphatic carbocycles. The van der Waals surface area contributed by atoms with Crippen molar-refractivity contribution in [3.8, 4) is 0 Å². The molecule has 2 aromatic heterocycles. The number of hydrazine groups is 1. The van der Waals surface area contributed by atoms with Gasteiger partial charge in [0.05, 0.1) is 11.1 Å². The van der Waals surface area contributed by atoms with Gasteiger partial charge in [0.25, 0.3) is 17.7 Å². The summed E-state index contributed by atoms with van der Waals surface area (Å²) < 4.78 is 5.08. The predicted octanol–water partition coefficient (Wildman–Crippen LogP) is 3.14. The van der Waals surface area contributed by atoms with Crippen LogP contribution in [0, 0.1) is 6.92 Å². The number of rotatable bonds is 6. The van der Waals surface area contributed by atoms with E-state index in [1.54, 1.807) is 42.5 Å². The zero-order valence-corrected chi connectivity index (χ0v) is 16.8. The highest BCUT2D eigenvalue weighted by atomic mass is 32.1. The van der Waals surface area contributed by atoms with Crippen LogP contribution in [0.5, 0.6) is 0 Å². The van der Waals surface area contributed by atoms with E-state index < -0.39 is 23.8 Å². The van der Waals surface area contributed by atoms with Crippen molar-refractivity contribution in [1.29, 1.82) is 0 Å². The van der Waals surface area contributed by atoms with Crippen molar-refractivity contribution in [1.82, 2.24) is 16.2 Å². The van der Waals surface area contributed by atoms with Crippen molar-refractivity contribution >= 4 is 29.1 Å². The monoisotopic (exact) mass is 411 g/mol. The van der Waals surface area contributed by atoms with Gasteiger partial charge in [0.1, 0.15) is 6.04 Å². The summed E-state index contributed by atoms with van der Waals surface area (Å²) >= 11 is 1.39. The molecule has 2 heterocycles. The second-order valence-corrected chi connectivity index (χ2v) is 7.44. The van der Waals surface area contributed by atoms with E-state index in [1.807, 2.05) is 13.8 Å². The summed E-state index contributed by atoms with van der Waals surface area (Å²) in [6.45, 7) is 3.97. The normalized spacial score (nSPS) is 11.5. The van der Waals surface area contributed by atoms with Crippen molar-refractivity contribution in [2.24, 2.45) is 0 Å². The second-order valence-electron chi connectivity index (χ2n) is 6.31. The van der Waals surface area contributed by atoms with E-state index in [0.717, 1.165) is 16.9 Å². The number of thiophene rings is 1. The van der Waals surface area contributed by atoms with E-state index in [2.05, 4.69) is 16.2 Å². The van der Waals surface area contributed by atoms with Gasteiger partial charge in [-0.25, -0.2) is 0 Å². The molecular formula is C21H21N3O4S. The minimum Gasteiger partial charge on any atom is -0.459 e. The van der Waals surface area contributed by atoms with Crippen LogP contribution < -0.4 is 16.2 Å². The van der Waals surface area contributed by atoms with Crippen molar-refractivity contribution in [2.75, 3.05) is 0 Å². The first kappa shape index (κ1) is 20.3. The molecule has 3 amide bonds. The standard InChI is InChI=1S/C21H21N3O4S/c1-3-16-13(2)12-17(29-16)20(26)23-24-21(27)18(14-8-5-4-6-9-14)22-19(25)15-10-7-11-28-15/h4-12,18H,3H2,1-2H3,(H,22,25)(H,23,26)(H,24,27). The molecule has 0 bridgehead atoms. The van der Waals surface area contributed by atoms with Crippen molar-refractivity contribution in [2.45, 2.75) is 26.3 Å². The van der Waals surface area contributed by atoms with Gasteiger partial charge in [-0.15, -0.1) is 11.3 Å². The lowest BCUT2D eigenvalue weighted by molar-refractivity contribution is -0.123. The molecule has 0 saturated heterocycles. The summed E-state index contributed by atoms with van der Waals surface area (Å²) in [5, 5.41) is 2.63. The predicted molar refractivity (Wildman–Crippen MR) is 109 cm³/mol. The average Bonchev–Trinajstić information content (AvgIpc) is 3.40. The fraction of sp³-hybridized carbons (Fsp3) is 0.190. The van der Waals surface area contributed by atoms with Crippen LogP contribution >= 0.6 is 11.3 Å². The summed E-state index contributed by atoms with van der Waals surface area (Å²) in [5.41, 5.74) is 6.43. The van der Waals surface area contributed by atoms with Crippen LogP contribution in [-0.2, 0) is 11.2 Å². The van der Waals surface area contributed by atoms with Crippen molar-refractivity contribution < 1.29 is 18.8 Å². The summed E-state index contributed by atoms with van der Waals surface area (Å²) in [6, 6.07) is 12.6. The molecule has 3 rings (SSSR count). The quantitative estimate of drug-likeness (QED) is 0.543. The van der Waals surface area contributed by atoms with Gasteiger partial charge in [-0.05, 0) is 42.7 Å². The first-order valence-corrected chi connectivity index (χ1v) is 9.90. The third-order valence-electron chi connectivity index (χ3n) is 4.28. The molecule has 3 aromatic rings. The maximum Gasteiger partial charge on any atom is 0.287 e. The van der Waals surface area contributed by atoms with E-state index in [0.29, 0.717) is 10.4 Å². The number of hydrogen-bond acceptors (Lipinski definition) is 5. The summed E-state index contributed by atoms with van der Waals surface area (Å²) in [6.07, 6.45) is 2.21. The van der Waals surface area contributed by atoms with E-state index in [9.17, 15) is 14.4 Å². The molecule has 8 heteroatoms. The Balaban J connectivity index is 1.70. The van der Waals surface area contributed by atoms with Crippen LogP contribution in [0.2, 0.25) is 0 Å². The number of furan rings is 1. The van der Waals surface area contributed by atoms with Crippen LogP contribution in [-0.4, -0.2) is 17.7 Å². The minimum absolute atomic E-state index is 0.0870. The molecule has 1 aromatic carbocycles. The smallest absolute Gasteiger partial charge is 0.287 e. The number of amides is 3. The Morgan fingerprint density at radius 3 is 2.41 bits per heavy atom. The van der Waals surface area contributed by atoms with Gasteiger partial charge in [-0.3, -0.25) is 25.2 Å². The molecule has 150 valence electrons. The lowest BCUT2D eigenvalue weighted by Gasteiger charge is -2.18. The third kappa shape index (κ3) is 4.91. The Kier molecular flexibility index (Phi) is 6.46. The van der Waals surface area contributed by atoms with E-state index >= 15 is 0 Å². The largest absolute Gasteiger partial charge is 0.459 e. The van der Waals surface area contributed by atoms with E-state index in [-0.39, 0.29) is 5.76 Å².